The third kappa shape index (κ3) is 5.89. The fraction of sp³-hybridized carbons (Fsp3) is 0.458. The first-order valence-electron chi connectivity index (χ1n) is 10.4. The maximum atomic E-state index is 12.5. The summed E-state index contributed by atoms with van der Waals surface area (Å²) >= 11 is 0. The summed E-state index contributed by atoms with van der Waals surface area (Å²) in [5.74, 6) is 2.28. The second-order valence-corrected chi connectivity index (χ2v) is 7.48. The third-order valence-corrected chi connectivity index (χ3v) is 5.26. The minimum atomic E-state index is -0.125. The molecule has 0 saturated heterocycles. The predicted octanol–water partition coefficient (Wildman–Crippen LogP) is 4.84. The molecule has 1 aliphatic carbocycles. The van der Waals surface area contributed by atoms with E-state index in [0.717, 1.165) is 35.5 Å². The molecular weight excluding hydrogens is 366 g/mol. The average Bonchev–Trinajstić information content (AvgIpc) is 3.23. The third-order valence-electron chi connectivity index (χ3n) is 5.26. The van der Waals surface area contributed by atoms with Crippen LogP contribution < -0.4 is 19.5 Å². The summed E-state index contributed by atoms with van der Waals surface area (Å²) in [6.45, 7) is 4.55. The first-order valence-corrected chi connectivity index (χ1v) is 10.4. The first kappa shape index (κ1) is 21.0. The standard InChI is InChI=1S/C24H31NO4/c1-4-28-20-12-9-18(10-13-20)15-24(26)25-17(2)19-11-14-22(23(16-19)27-3)29-21-7-5-6-8-21/h9-14,16-17,21H,4-8,15H2,1-3H3,(H,25,26). The van der Waals surface area contributed by atoms with E-state index >= 15 is 0 Å². The van der Waals surface area contributed by atoms with Crippen molar-refractivity contribution in [3.05, 3.63) is 53.6 Å². The highest BCUT2D eigenvalue weighted by atomic mass is 16.5. The van der Waals surface area contributed by atoms with Gasteiger partial charge in [-0.2, -0.15) is 0 Å². The Morgan fingerprint density at radius 1 is 1.10 bits per heavy atom. The van der Waals surface area contributed by atoms with Gasteiger partial charge in [0.15, 0.2) is 11.5 Å². The number of rotatable bonds is 9. The molecule has 1 amide bonds. The van der Waals surface area contributed by atoms with Crippen molar-refractivity contribution < 1.29 is 19.0 Å². The van der Waals surface area contributed by atoms with Crippen molar-refractivity contribution in [3.63, 3.8) is 0 Å². The second kappa shape index (κ2) is 10.2. The van der Waals surface area contributed by atoms with Crippen LogP contribution in [0, 0.1) is 0 Å². The number of hydrogen-bond donors (Lipinski definition) is 1. The van der Waals surface area contributed by atoms with Crippen LogP contribution in [-0.2, 0) is 11.2 Å². The molecule has 2 aromatic rings. The van der Waals surface area contributed by atoms with Gasteiger partial charge in [-0.15, -0.1) is 0 Å². The quantitative estimate of drug-likeness (QED) is 0.658. The molecule has 0 heterocycles. The largest absolute Gasteiger partial charge is 0.494 e. The molecule has 0 radical (unpaired) electrons. The van der Waals surface area contributed by atoms with Crippen LogP contribution >= 0.6 is 0 Å². The molecule has 1 atom stereocenters. The van der Waals surface area contributed by atoms with E-state index in [1.165, 1.54) is 12.8 Å². The van der Waals surface area contributed by atoms with Gasteiger partial charge in [-0.1, -0.05) is 18.2 Å². The zero-order valence-corrected chi connectivity index (χ0v) is 17.6. The van der Waals surface area contributed by atoms with Crippen LogP contribution in [0.15, 0.2) is 42.5 Å². The first-order chi connectivity index (χ1) is 14.1. The fourth-order valence-electron chi connectivity index (χ4n) is 3.67. The van der Waals surface area contributed by atoms with Crippen LogP contribution in [0.2, 0.25) is 0 Å². The number of ether oxygens (including phenoxy) is 3. The van der Waals surface area contributed by atoms with E-state index in [1.54, 1.807) is 7.11 Å². The molecule has 29 heavy (non-hydrogen) atoms. The summed E-state index contributed by atoms with van der Waals surface area (Å²) in [5, 5.41) is 3.06. The van der Waals surface area contributed by atoms with Crippen molar-refractivity contribution in [1.29, 1.82) is 0 Å². The van der Waals surface area contributed by atoms with E-state index in [0.29, 0.717) is 18.8 Å². The van der Waals surface area contributed by atoms with Gasteiger partial charge in [-0.05, 0) is 74.9 Å². The summed E-state index contributed by atoms with van der Waals surface area (Å²) in [6.07, 6.45) is 5.26. The van der Waals surface area contributed by atoms with E-state index in [-0.39, 0.29) is 18.1 Å². The summed E-state index contributed by atoms with van der Waals surface area (Å²) in [4.78, 5) is 12.5. The van der Waals surface area contributed by atoms with Crippen molar-refractivity contribution in [2.45, 2.75) is 58.1 Å². The van der Waals surface area contributed by atoms with E-state index in [9.17, 15) is 4.79 Å². The lowest BCUT2D eigenvalue weighted by molar-refractivity contribution is -0.121. The van der Waals surface area contributed by atoms with Gasteiger partial charge in [0.1, 0.15) is 5.75 Å². The molecule has 1 aliphatic rings. The van der Waals surface area contributed by atoms with E-state index < -0.39 is 0 Å². The molecule has 0 bridgehead atoms. The number of benzene rings is 2. The minimum Gasteiger partial charge on any atom is -0.494 e. The van der Waals surface area contributed by atoms with E-state index in [1.807, 2.05) is 56.3 Å². The Labute approximate surface area is 173 Å². The second-order valence-electron chi connectivity index (χ2n) is 7.48. The summed E-state index contributed by atoms with van der Waals surface area (Å²) in [7, 11) is 1.65. The van der Waals surface area contributed by atoms with Crippen LogP contribution in [0.1, 0.15) is 56.7 Å². The summed E-state index contributed by atoms with van der Waals surface area (Å²) in [6, 6.07) is 13.4. The fourth-order valence-corrected chi connectivity index (χ4v) is 3.67. The van der Waals surface area contributed by atoms with Gasteiger partial charge < -0.3 is 19.5 Å². The highest BCUT2D eigenvalue weighted by Crippen LogP contribution is 2.33. The van der Waals surface area contributed by atoms with Crippen molar-refractivity contribution >= 4 is 5.91 Å². The Balaban J connectivity index is 1.58. The topological polar surface area (TPSA) is 56.8 Å². The normalized spacial score (nSPS) is 15.0. The van der Waals surface area contributed by atoms with Crippen LogP contribution in [0.25, 0.3) is 0 Å². The van der Waals surface area contributed by atoms with Gasteiger partial charge in [0, 0.05) is 0 Å². The molecule has 1 saturated carbocycles. The van der Waals surface area contributed by atoms with Gasteiger partial charge >= 0.3 is 0 Å². The minimum absolute atomic E-state index is 0.0214. The zero-order chi connectivity index (χ0) is 20.6. The molecule has 5 heteroatoms. The monoisotopic (exact) mass is 397 g/mol. The predicted molar refractivity (Wildman–Crippen MR) is 114 cm³/mol. The molecule has 0 aromatic heterocycles. The maximum absolute atomic E-state index is 12.5. The molecule has 1 N–H and O–H groups in total. The number of carbonyl (C=O) groups is 1. The number of methoxy groups -OCH3 is 1. The molecule has 5 nitrogen and oxygen atoms in total. The molecule has 156 valence electrons. The van der Waals surface area contributed by atoms with E-state index in [4.69, 9.17) is 14.2 Å². The molecule has 2 aromatic carbocycles. The molecular formula is C24H31NO4. The molecule has 0 aliphatic heterocycles. The molecule has 1 unspecified atom stereocenters. The Hall–Kier alpha value is -2.69. The van der Waals surface area contributed by atoms with Crippen molar-refractivity contribution in [1.82, 2.24) is 5.32 Å². The molecule has 0 spiro atoms. The van der Waals surface area contributed by atoms with E-state index in [2.05, 4.69) is 5.32 Å². The highest BCUT2D eigenvalue weighted by molar-refractivity contribution is 5.79. The zero-order valence-electron chi connectivity index (χ0n) is 17.6. The number of amides is 1. The Morgan fingerprint density at radius 2 is 1.83 bits per heavy atom. The number of hydrogen-bond acceptors (Lipinski definition) is 4. The lowest BCUT2D eigenvalue weighted by Crippen LogP contribution is -2.28. The SMILES string of the molecule is CCOc1ccc(CC(=O)NC(C)c2ccc(OC3CCCC3)c(OC)c2)cc1. The Bertz CT molecular complexity index is 797. The van der Waals surface area contributed by atoms with Gasteiger partial charge in [0.05, 0.1) is 32.3 Å². The highest BCUT2D eigenvalue weighted by Gasteiger charge is 2.19. The van der Waals surface area contributed by atoms with Crippen molar-refractivity contribution in [3.8, 4) is 17.2 Å². The lowest BCUT2D eigenvalue weighted by Gasteiger charge is -2.19. The van der Waals surface area contributed by atoms with Crippen LogP contribution in [0.4, 0.5) is 0 Å². The van der Waals surface area contributed by atoms with Crippen LogP contribution in [-0.4, -0.2) is 25.7 Å². The van der Waals surface area contributed by atoms with Crippen LogP contribution in [0.3, 0.4) is 0 Å². The van der Waals surface area contributed by atoms with Crippen molar-refractivity contribution in [2.75, 3.05) is 13.7 Å². The molecule has 3 rings (SSSR count). The number of nitrogens with one attached hydrogen (secondary N) is 1. The average molecular weight is 398 g/mol. The maximum Gasteiger partial charge on any atom is 0.224 e. The molecule has 1 fully saturated rings. The smallest absolute Gasteiger partial charge is 0.224 e. The van der Waals surface area contributed by atoms with Gasteiger partial charge in [0.25, 0.3) is 0 Å². The van der Waals surface area contributed by atoms with Crippen LogP contribution in [0.5, 0.6) is 17.2 Å². The van der Waals surface area contributed by atoms with Gasteiger partial charge in [-0.25, -0.2) is 0 Å². The summed E-state index contributed by atoms with van der Waals surface area (Å²) < 4.78 is 17.1. The van der Waals surface area contributed by atoms with Crippen molar-refractivity contribution in [2.24, 2.45) is 0 Å². The van der Waals surface area contributed by atoms with Gasteiger partial charge in [0.2, 0.25) is 5.91 Å². The van der Waals surface area contributed by atoms with Gasteiger partial charge in [-0.3, -0.25) is 4.79 Å². The number of carbonyl (C=O) groups excluding carboxylic acids is 1. The Kier molecular flexibility index (Phi) is 7.39. The lowest BCUT2D eigenvalue weighted by atomic mass is 10.1. The Morgan fingerprint density at radius 3 is 2.48 bits per heavy atom. The summed E-state index contributed by atoms with van der Waals surface area (Å²) in [5.41, 5.74) is 1.94.